The highest BCUT2D eigenvalue weighted by Gasteiger charge is 2.26. The van der Waals surface area contributed by atoms with E-state index in [2.05, 4.69) is 4.90 Å². The summed E-state index contributed by atoms with van der Waals surface area (Å²) in [6.07, 6.45) is 2.05. The lowest BCUT2D eigenvalue weighted by atomic mass is 10.0. The molecule has 1 N–H and O–H groups in total. The Bertz CT molecular complexity index is 1050. The van der Waals surface area contributed by atoms with Gasteiger partial charge in [-0.05, 0) is 73.9 Å². The third kappa shape index (κ3) is 4.46. The molecule has 5 heteroatoms. The fourth-order valence-electron chi connectivity index (χ4n) is 4.02. The first kappa shape index (κ1) is 20.0. The molecule has 0 spiro atoms. The van der Waals surface area contributed by atoms with E-state index in [4.69, 9.17) is 9.84 Å². The quantitative estimate of drug-likeness (QED) is 0.543. The molecule has 0 bridgehead atoms. The van der Waals surface area contributed by atoms with Crippen molar-refractivity contribution in [1.82, 2.24) is 0 Å². The number of hydrogen-bond donors (Lipinski definition) is 1. The number of anilines is 1. The van der Waals surface area contributed by atoms with Crippen LogP contribution in [0.5, 0.6) is 11.5 Å². The maximum atomic E-state index is 14.2. The summed E-state index contributed by atoms with van der Waals surface area (Å²) in [7, 11) is 0. The summed E-state index contributed by atoms with van der Waals surface area (Å²) in [6, 6.07) is 20.2. The van der Waals surface area contributed by atoms with Crippen LogP contribution in [-0.2, 0) is 4.79 Å². The summed E-state index contributed by atoms with van der Waals surface area (Å²) in [4.78, 5) is 13.2. The van der Waals surface area contributed by atoms with Gasteiger partial charge in [-0.1, -0.05) is 23.8 Å². The maximum Gasteiger partial charge on any atom is 0.305 e. The number of nitrogens with zero attached hydrogens (tertiary/aromatic N) is 1. The molecule has 0 amide bonds. The van der Waals surface area contributed by atoms with Crippen molar-refractivity contribution in [2.45, 2.75) is 32.2 Å². The first-order valence-corrected chi connectivity index (χ1v) is 10.1. The molecule has 1 saturated heterocycles. The third-order valence-corrected chi connectivity index (χ3v) is 5.46. The zero-order valence-corrected chi connectivity index (χ0v) is 16.8. The van der Waals surface area contributed by atoms with E-state index >= 15 is 0 Å². The van der Waals surface area contributed by atoms with Gasteiger partial charge in [0.05, 0.1) is 6.42 Å². The van der Waals surface area contributed by atoms with Crippen LogP contribution < -0.4 is 9.64 Å². The zero-order chi connectivity index (χ0) is 21.1. The molecule has 30 heavy (non-hydrogen) atoms. The Kier molecular flexibility index (Phi) is 5.70. The number of carboxylic acid groups (broad SMARTS) is 1. The predicted molar refractivity (Wildman–Crippen MR) is 116 cm³/mol. The van der Waals surface area contributed by atoms with Crippen molar-refractivity contribution in [2.75, 3.05) is 11.4 Å². The van der Waals surface area contributed by atoms with Crippen molar-refractivity contribution < 1.29 is 19.0 Å². The Morgan fingerprint density at radius 2 is 1.90 bits per heavy atom. The van der Waals surface area contributed by atoms with Crippen LogP contribution in [0.15, 0.2) is 66.7 Å². The van der Waals surface area contributed by atoms with Crippen LogP contribution in [0.1, 0.15) is 24.8 Å². The summed E-state index contributed by atoms with van der Waals surface area (Å²) in [5.41, 5.74) is 3.31. The molecule has 1 aliphatic rings. The molecule has 0 aromatic heterocycles. The number of carbonyl (C=O) groups is 1. The molecule has 4 nitrogen and oxygen atoms in total. The monoisotopic (exact) mass is 405 g/mol. The largest absolute Gasteiger partial charge is 0.481 e. The predicted octanol–water partition coefficient (Wildman–Crippen LogP) is 6.04. The summed E-state index contributed by atoms with van der Waals surface area (Å²) < 4.78 is 20.2. The second kappa shape index (κ2) is 8.57. The highest BCUT2D eigenvalue weighted by atomic mass is 19.1. The molecule has 0 saturated carbocycles. The Morgan fingerprint density at radius 1 is 1.10 bits per heavy atom. The van der Waals surface area contributed by atoms with Crippen molar-refractivity contribution in [3.63, 3.8) is 0 Å². The number of aliphatic carboxylic acids is 1. The minimum Gasteiger partial charge on any atom is -0.481 e. The first-order chi connectivity index (χ1) is 14.5. The second-order valence-electron chi connectivity index (χ2n) is 7.69. The van der Waals surface area contributed by atoms with Crippen molar-refractivity contribution in [3.05, 3.63) is 78.1 Å². The highest BCUT2D eigenvalue weighted by molar-refractivity contribution is 5.69. The smallest absolute Gasteiger partial charge is 0.305 e. The molecule has 0 radical (unpaired) electrons. The number of rotatable bonds is 6. The Balaban J connectivity index is 1.50. The number of hydrogen-bond acceptors (Lipinski definition) is 3. The van der Waals surface area contributed by atoms with Gasteiger partial charge in [-0.25, -0.2) is 4.39 Å². The fourth-order valence-corrected chi connectivity index (χ4v) is 4.02. The zero-order valence-electron chi connectivity index (χ0n) is 16.8. The molecule has 154 valence electrons. The van der Waals surface area contributed by atoms with Crippen LogP contribution in [0.4, 0.5) is 10.1 Å². The molecule has 1 fully saturated rings. The Labute approximate surface area is 175 Å². The van der Waals surface area contributed by atoms with E-state index in [1.54, 1.807) is 6.07 Å². The van der Waals surface area contributed by atoms with Crippen molar-refractivity contribution in [1.29, 1.82) is 0 Å². The SMILES string of the molecule is Cc1ccc(F)c(-c2cccc(Oc3ccc(N4CCC[C@H]4CC(=O)O)cc3)c2)c1. The molecular formula is C25H24FNO3. The van der Waals surface area contributed by atoms with Gasteiger partial charge in [0.2, 0.25) is 0 Å². The standard InChI is InChI=1S/C25H24FNO3/c1-17-7-12-24(26)23(14-17)18-4-2-6-22(15-18)30-21-10-8-19(9-11-21)27-13-3-5-20(27)16-25(28)29/h2,4,6-12,14-15,20H,3,5,13,16H2,1H3,(H,28,29)/t20-/m0/s1. The summed E-state index contributed by atoms with van der Waals surface area (Å²) in [5.74, 6) is 0.279. The lowest BCUT2D eigenvalue weighted by Crippen LogP contribution is -2.31. The van der Waals surface area contributed by atoms with E-state index in [-0.39, 0.29) is 18.3 Å². The van der Waals surface area contributed by atoms with Gasteiger partial charge in [0.15, 0.2) is 0 Å². The number of aryl methyl sites for hydroxylation is 1. The van der Waals surface area contributed by atoms with Crippen LogP contribution in [0.3, 0.4) is 0 Å². The minimum absolute atomic E-state index is 0.0372. The molecule has 3 aromatic carbocycles. The van der Waals surface area contributed by atoms with Gasteiger partial charge in [-0.15, -0.1) is 0 Å². The van der Waals surface area contributed by atoms with E-state index in [9.17, 15) is 9.18 Å². The fraction of sp³-hybridized carbons (Fsp3) is 0.240. The van der Waals surface area contributed by atoms with E-state index in [1.165, 1.54) is 6.07 Å². The van der Waals surface area contributed by atoms with Gasteiger partial charge in [0.25, 0.3) is 0 Å². The van der Waals surface area contributed by atoms with Gasteiger partial charge in [0.1, 0.15) is 17.3 Å². The normalized spacial score (nSPS) is 15.9. The van der Waals surface area contributed by atoms with Gasteiger partial charge in [0, 0.05) is 23.8 Å². The summed E-state index contributed by atoms with van der Waals surface area (Å²) >= 11 is 0. The summed E-state index contributed by atoms with van der Waals surface area (Å²) in [5, 5.41) is 9.11. The molecule has 0 aliphatic carbocycles. The van der Waals surface area contributed by atoms with Gasteiger partial charge in [-0.2, -0.15) is 0 Å². The maximum absolute atomic E-state index is 14.2. The average Bonchev–Trinajstić information content (AvgIpc) is 3.18. The third-order valence-electron chi connectivity index (χ3n) is 5.46. The topological polar surface area (TPSA) is 49.8 Å². The lowest BCUT2D eigenvalue weighted by molar-refractivity contribution is -0.137. The van der Waals surface area contributed by atoms with Gasteiger partial charge in [-0.3, -0.25) is 4.79 Å². The van der Waals surface area contributed by atoms with Crippen LogP contribution >= 0.6 is 0 Å². The van der Waals surface area contributed by atoms with Crippen LogP contribution in [0.2, 0.25) is 0 Å². The molecule has 1 atom stereocenters. The molecule has 4 rings (SSSR count). The van der Waals surface area contributed by atoms with Crippen LogP contribution in [0, 0.1) is 12.7 Å². The number of ether oxygens (including phenoxy) is 1. The van der Waals surface area contributed by atoms with E-state index in [0.29, 0.717) is 17.1 Å². The highest BCUT2D eigenvalue weighted by Crippen LogP contribution is 2.32. The molecule has 3 aromatic rings. The molecule has 1 heterocycles. The van der Waals surface area contributed by atoms with E-state index < -0.39 is 5.97 Å². The number of halogens is 1. The van der Waals surface area contributed by atoms with Crippen molar-refractivity contribution in [2.24, 2.45) is 0 Å². The molecular weight excluding hydrogens is 381 g/mol. The van der Waals surface area contributed by atoms with Crippen LogP contribution in [-0.4, -0.2) is 23.7 Å². The van der Waals surface area contributed by atoms with Gasteiger partial charge < -0.3 is 14.7 Å². The minimum atomic E-state index is -0.767. The van der Waals surface area contributed by atoms with E-state index in [1.807, 2.05) is 61.5 Å². The van der Waals surface area contributed by atoms with Crippen molar-refractivity contribution >= 4 is 11.7 Å². The van der Waals surface area contributed by atoms with Crippen molar-refractivity contribution in [3.8, 4) is 22.6 Å². The number of benzene rings is 3. The lowest BCUT2D eigenvalue weighted by Gasteiger charge is -2.25. The summed E-state index contributed by atoms with van der Waals surface area (Å²) in [6.45, 7) is 2.80. The Hall–Kier alpha value is -3.34. The second-order valence-corrected chi connectivity index (χ2v) is 7.69. The van der Waals surface area contributed by atoms with Crippen LogP contribution in [0.25, 0.3) is 11.1 Å². The molecule has 0 unspecified atom stereocenters. The number of carboxylic acids is 1. The first-order valence-electron chi connectivity index (χ1n) is 10.1. The van der Waals surface area contributed by atoms with E-state index in [0.717, 1.165) is 36.2 Å². The Morgan fingerprint density at radius 3 is 2.67 bits per heavy atom. The molecule has 1 aliphatic heterocycles. The van der Waals surface area contributed by atoms with Gasteiger partial charge >= 0.3 is 5.97 Å². The average molecular weight is 405 g/mol.